The molecule has 0 saturated carbocycles. The van der Waals surface area contributed by atoms with E-state index in [9.17, 15) is 9.59 Å². The fraction of sp³-hybridized carbons (Fsp3) is 0.333. The molecule has 1 aromatic rings. The Balaban J connectivity index is 3.19. The SMILES string of the molecule is CC(C)(C)OC(=O)c1cccc(N)c1C(=O)O. The molecule has 0 spiro atoms. The van der Waals surface area contributed by atoms with Gasteiger partial charge in [0.15, 0.2) is 0 Å². The van der Waals surface area contributed by atoms with Crippen molar-refractivity contribution >= 4 is 17.6 Å². The molecule has 1 rings (SSSR count). The van der Waals surface area contributed by atoms with Crippen LogP contribution in [-0.4, -0.2) is 22.6 Å². The van der Waals surface area contributed by atoms with Crippen molar-refractivity contribution in [1.82, 2.24) is 0 Å². The average molecular weight is 237 g/mol. The summed E-state index contributed by atoms with van der Waals surface area (Å²) in [5, 5.41) is 9.01. The Morgan fingerprint density at radius 1 is 1.29 bits per heavy atom. The second-order valence-electron chi connectivity index (χ2n) is 4.58. The highest BCUT2D eigenvalue weighted by atomic mass is 16.6. The summed E-state index contributed by atoms with van der Waals surface area (Å²) >= 11 is 0. The second-order valence-corrected chi connectivity index (χ2v) is 4.58. The van der Waals surface area contributed by atoms with Crippen LogP contribution >= 0.6 is 0 Å². The molecule has 0 atom stereocenters. The Bertz CT molecular complexity index is 460. The van der Waals surface area contributed by atoms with E-state index in [1.807, 2.05) is 0 Å². The van der Waals surface area contributed by atoms with Crippen LogP contribution in [0.5, 0.6) is 0 Å². The zero-order chi connectivity index (χ0) is 13.2. The van der Waals surface area contributed by atoms with Crippen molar-refractivity contribution in [3.8, 4) is 0 Å². The molecule has 0 bridgehead atoms. The molecule has 5 nitrogen and oxygen atoms in total. The summed E-state index contributed by atoms with van der Waals surface area (Å²) in [6.07, 6.45) is 0. The number of rotatable bonds is 2. The van der Waals surface area contributed by atoms with E-state index >= 15 is 0 Å². The molecule has 0 aliphatic heterocycles. The standard InChI is InChI=1S/C12H15NO4/c1-12(2,3)17-11(16)7-5-4-6-8(13)9(7)10(14)15/h4-6H,13H2,1-3H3,(H,14,15). The van der Waals surface area contributed by atoms with Crippen LogP contribution in [0.3, 0.4) is 0 Å². The van der Waals surface area contributed by atoms with Gasteiger partial charge in [0.25, 0.3) is 0 Å². The minimum Gasteiger partial charge on any atom is -0.478 e. The normalized spacial score (nSPS) is 11.0. The number of hydrogen-bond acceptors (Lipinski definition) is 4. The van der Waals surface area contributed by atoms with E-state index in [-0.39, 0.29) is 16.8 Å². The zero-order valence-electron chi connectivity index (χ0n) is 9.98. The van der Waals surface area contributed by atoms with Crippen molar-refractivity contribution in [3.05, 3.63) is 29.3 Å². The summed E-state index contributed by atoms with van der Waals surface area (Å²) in [7, 11) is 0. The number of carboxylic acids is 1. The molecule has 0 radical (unpaired) electrons. The molecule has 17 heavy (non-hydrogen) atoms. The van der Waals surface area contributed by atoms with Crippen molar-refractivity contribution in [2.75, 3.05) is 5.73 Å². The number of aromatic carboxylic acids is 1. The molecule has 3 N–H and O–H groups in total. The molecule has 0 saturated heterocycles. The lowest BCUT2D eigenvalue weighted by Crippen LogP contribution is -2.25. The lowest BCUT2D eigenvalue weighted by atomic mass is 10.1. The smallest absolute Gasteiger partial charge is 0.339 e. The number of esters is 1. The predicted molar refractivity (Wildman–Crippen MR) is 63.0 cm³/mol. The fourth-order valence-electron chi connectivity index (χ4n) is 1.31. The predicted octanol–water partition coefficient (Wildman–Crippen LogP) is 1.92. The highest BCUT2D eigenvalue weighted by molar-refractivity contribution is 6.06. The van der Waals surface area contributed by atoms with E-state index in [0.29, 0.717) is 0 Å². The lowest BCUT2D eigenvalue weighted by molar-refractivity contribution is 0.00659. The number of hydrogen-bond donors (Lipinski definition) is 2. The summed E-state index contributed by atoms with van der Waals surface area (Å²) in [5.74, 6) is -1.94. The Labute approximate surface area is 99.2 Å². The maximum atomic E-state index is 11.8. The highest BCUT2D eigenvalue weighted by Crippen LogP contribution is 2.20. The van der Waals surface area contributed by atoms with Gasteiger partial charge in [0.1, 0.15) is 5.60 Å². The number of carboxylic acid groups (broad SMARTS) is 1. The molecule has 0 amide bonds. The molecule has 0 heterocycles. The largest absolute Gasteiger partial charge is 0.478 e. The third kappa shape index (κ3) is 3.21. The van der Waals surface area contributed by atoms with Crippen LogP contribution in [0, 0.1) is 0 Å². The van der Waals surface area contributed by atoms with Gasteiger partial charge in [-0.2, -0.15) is 0 Å². The molecule has 1 aromatic carbocycles. The van der Waals surface area contributed by atoms with Crippen molar-refractivity contribution in [2.24, 2.45) is 0 Å². The van der Waals surface area contributed by atoms with Gasteiger partial charge in [0, 0.05) is 5.69 Å². The van der Waals surface area contributed by atoms with Crippen molar-refractivity contribution in [2.45, 2.75) is 26.4 Å². The summed E-state index contributed by atoms with van der Waals surface area (Å²) in [4.78, 5) is 22.8. The van der Waals surface area contributed by atoms with Crippen molar-refractivity contribution in [1.29, 1.82) is 0 Å². The Hall–Kier alpha value is -2.04. The van der Waals surface area contributed by atoms with E-state index in [0.717, 1.165) is 0 Å². The highest BCUT2D eigenvalue weighted by Gasteiger charge is 2.24. The molecular formula is C12H15NO4. The Kier molecular flexibility index (Phi) is 3.41. The first-order chi connectivity index (χ1) is 7.72. The quantitative estimate of drug-likeness (QED) is 0.605. The van der Waals surface area contributed by atoms with Gasteiger partial charge in [-0.3, -0.25) is 0 Å². The first kappa shape index (κ1) is 13.0. The van der Waals surface area contributed by atoms with Gasteiger partial charge in [-0.25, -0.2) is 9.59 Å². The Morgan fingerprint density at radius 3 is 2.35 bits per heavy atom. The first-order valence-corrected chi connectivity index (χ1v) is 5.07. The summed E-state index contributed by atoms with van der Waals surface area (Å²) in [5.41, 5.74) is 4.64. The molecule has 0 unspecified atom stereocenters. The van der Waals surface area contributed by atoms with Gasteiger partial charge in [0.2, 0.25) is 0 Å². The van der Waals surface area contributed by atoms with Gasteiger partial charge >= 0.3 is 11.9 Å². The minimum absolute atomic E-state index is 0.0348. The van der Waals surface area contributed by atoms with E-state index in [4.69, 9.17) is 15.6 Å². The second kappa shape index (κ2) is 4.45. The summed E-state index contributed by atoms with van der Waals surface area (Å²) < 4.78 is 5.11. The van der Waals surface area contributed by atoms with Gasteiger partial charge in [0.05, 0.1) is 11.1 Å². The molecule has 0 aliphatic carbocycles. The number of nitrogen functional groups attached to an aromatic ring is 1. The maximum Gasteiger partial charge on any atom is 0.339 e. The summed E-state index contributed by atoms with van der Waals surface area (Å²) in [6, 6.07) is 4.33. The monoisotopic (exact) mass is 237 g/mol. The van der Waals surface area contributed by atoms with E-state index in [2.05, 4.69) is 0 Å². The van der Waals surface area contributed by atoms with Crippen LogP contribution in [0.4, 0.5) is 5.69 Å². The van der Waals surface area contributed by atoms with Gasteiger partial charge in [-0.05, 0) is 32.9 Å². The number of benzene rings is 1. The first-order valence-electron chi connectivity index (χ1n) is 5.07. The molecule has 5 heteroatoms. The van der Waals surface area contributed by atoms with Gasteiger partial charge in [-0.1, -0.05) is 6.07 Å². The topological polar surface area (TPSA) is 89.6 Å². The fourth-order valence-corrected chi connectivity index (χ4v) is 1.31. The van der Waals surface area contributed by atoms with Crippen LogP contribution in [0.2, 0.25) is 0 Å². The maximum absolute atomic E-state index is 11.8. The van der Waals surface area contributed by atoms with Crippen LogP contribution in [-0.2, 0) is 4.74 Å². The number of nitrogens with two attached hydrogens (primary N) is 1. The molecule has 92 valence electrons. The van der Waals surface area contributed by atoms with Crippen molar-refractivity contribution < 1.29 is 19.4 Å². The average Bonchev–Trinajstić information content (AvgIpc) is 2.13. The van der Waals surface area contributed by atoms with Crippen LogP contribution < -0.4 is 5.73 Å². The van der Waals surface area contributed by atoms with Crippen LogP contribution in [0.1, 0.15) is 41.5 Å². The minimum atomic E-state index is -1.25. The third-order valence-corrected chi connectivity index (χ3v) is 1.93. The summed E-state index contributed by atoms with van der Waals surface area (Å²) in [6.45, 7) is 5.12. The van der Waals surface area contributed by atoms with Gasteiger partial charge < -0.3 is 15.6 Å². The third-order valence-electron chi connectivity index (χ3n) is 1.93. The molecule has 0 fully saturated rings. The Morgan fingerprint density at radius 2 is 1.88 bits per heavy atom. The van der Waals surface area contributed by atoms with E-state index < -0.39 is 17.5 Å². The lowest BCUT2D eigenvalue weighted by Gasteiger charge is -2.20. The van der Waals surface area contributed by atoms with Crippen LogP contribution in [0.25, 0.3) is 0 Å². The van der Waals surface area contributed by atoms with E-state index in [1.165, 1.54) is 18.2 Å². The number of carbonyl (C=O) groups is 2. The zero-order valence-corrected chi connectivity index (χ0v) is 9.98. The number of carbonyl (C=O) groups excluding carboxylic acids is 1. The van der Waals surface area contributed by atoms with Crippen LogP contribution in [0.15, 0.2) is 18.2 Å². The van der Waals surface area contributed by atoms with E-state index in [1.54, 1.807) is 20.8 Å². The number of ether oxygens (including phenoxy) is 1. The van der Waals surface area contributed by atoms with Gasteiger partial charge in [-0.15, -0.1) is 0 Å². The molecule has 0 aromatic heterocycles. The number of anilines is 1. The molecular weight excluding hydrogens is 222 g/mol. The molecule has 0 aliphatic rings. The van der Waals surface area contributed by atoms with Crippen molar-refractivity contribution in [3.63, 3.8) is 0 Å².